The smallest absolute Gasteiger partial charge is 0.219 e. The summed E-state index contributed by atoms with van der Waals surface area (Å²) in [4.78, 5) is 32.7. The number of hydrogen-bond donors (Lipinski definition) is 2. The largest absolute Gasteiger partial charge is 0.356 e. The Kier molecular flexibility index (Phi) is 21.2. The van der Waals surface area contributed by atoms with E-state index in [0.29, 0.717) is 12.0 Å². The molecule has 0 bridgehead atoms. The van der Waals surface area contributed by atoms with E-state index in [1.54, 1.807) is 32.7 Å². The lowest BCUT2D eigenvalue weighted by Gasteiger charge is -2.11. The van der Waals surface area contributed by atoms with Crippen molar-refractivity contribution in [2.75, 3.05) is 20.1 Å². The molecule has 0 aliphatic carbocycles. The van der Waals surface area contributed by atoms with Crippen molar-refractivity contribution in [1.29, 1.82) is 0 Å². The quantitative estimate of drug-likeness (QED) is 0.733. The lowest BCUT2D eigenvalue weighted by Crippen LogP contribution is -2.31. The van der Waals surface area contributed by atoms with Gasteiger partial charge in [0, 0.05) is 47.0 Å². The van der Waals surface area contributed by atoms with Gasteiger partial charge in [-0.2, -0.15) is 0 Å². The Morgan fingerprint density at radius 1 is 0.920 bits per heavy atom. The number of carbonyl (C=O) groups excluding carboxylic acids is 3. The summed E-state index contributed by atoms with van der Waals surface area (Å²) < 4.78 is 0. The normalized spacial score (nSPS) is 9.40. The van der Waals surface area contributed by atoms with Crippen LogP contribution < -0.4 is 10.6 Å². The van der Waals surface area contributed by atoms with E-state index in [4.69, 9.17) is 0 Å². The molecule has 6 nitrogen and oxygen atoms in total. The maximum absolute atomic E-state index is 10.5. The van der Waals surface area contributed by atoms with Crippen LogP contribution in [0.4, 0.5) is 0 Å². The molecule has 0 radical (unpaired) electrons. The molecule has 150 valence electrons. The van der Waals surface area contributed by atoms with E-state index in [0.717, 1.165) is 32.4 Å². The second kappa shape index (κ2) is 18.7. The Bertz CT molecular complexity index is 354. The average molecular weight is 360 g/mol. The zero-order valence-electron chi connectivity index (χ0n) is 17.9. The number of nitrogens with one attached hydrogen (secondary N) is 2. The van der Waals surface area contributed by atoms with Crippen LogP contribution in [0, 0.1) is 5.92 Å². The number of hydrogen-bond acceptors (Lipinski definition) is 3. The summed E-state index contributed by atoms with van der Waals surface area (Å²) in [5.74, 6) is 0.943. The summed E-state index contributed by atoms with van der Waals surface area (Å²) in [5.41, 5.74) is 0. The fourth-order valence-electron chi connectivity index (χ4n) is 1.54. The summed E-state index contributed by atoms with van der Waals surface area (Å²) >= 11 is 0. The third-order valence-corrected chi connectivity index (χ3v) is 3.50. The molecule has 0 rings (SSSR count). The maximum atomic E-state index is 10.5. The van der Waals surface area contributed by atoms with Crippen LogP contribution in [0.3, 0.4) is 0 Å². The second-order valence-electron chi connectivity index (χ2n) is 6.41. The Morgan fingerprint density at radius 3 is 1.56 bits per heavy atom. The fourth-order valence-corrected chi connectivity index (χ4v) is 1.54. The molecule has 0 unspecified atom stereocenters. The van der Waals surface area contributed by atoms with Crippen molar-refractivity contribution in [2.45, 2.75) is 80.7 Å². The summed E-state index contributed by atoms with van der Waals surface area (Å²) in [5, 5.41) is 5.58. The molecule has 0 aromatic rings. The zero-order chi connectivity index (χ0) is 20.4. The molecular formula is C19H41N3O3. The molecule has 2 N–H and O–H groups in total. The molecule has 3 amide bonds. The van der Waals surface area contributed by atoms with Crippen LogP contribution in [0.5, 0.6) is 0 Å². The van der Waals surface area contributed by atoms with Crippen molar-refractivity contribution in [3.05, 3.63) is 0 Å². The topological polar surface area (TPSA) is 78.5 Å². The van der Waals surface area contributed by atoms with Gasteiger partial charge in [0.15, 0.2) is 0 Å². The van der Waals surface area contributed by atoms with Crippen molar-refractivity contribution in [3.63, 3.8) is 0 Å². The first-order valence-electron chi connectivity index (χ1n) is 9.24. The molecule has 25 heavy (non-hydrogen) atoms. The first-order valence-corrected chi connectivity index (χ1v) is 9.24. The van der Waals surface area contributed by atoms with Gasteiger partial charge in [-0.15, -0.1) is 0 Å². The molecule has 0 aromatic heterocycles. The SMILES string of the molecule is CC(=O)NCCC(C)C.CCC(CC)NC(C)=O.CCN(C)C(C)=O. The Hall–Kier alpha value is -1.59. The van der Waals surface area contributed by atoms with E-state index in [1.165, 1.54) is 0 Å². The lowest BCUT2D eigenvalue weighted by atomic mass is 10.1. The summed E-state index contributed by atoms with van der Waals surface area (Å²) in [7, 11) is 1.78. The van der Waals surface area contributed by atoms with Crippen LogP contribution in [0.15, 0.2) is 0 Å². The van der Waals surface area contributed by atoms with E-state index in [9.17, 15) is 14.4 Å². The Labute approximate surface area is 155 Å². The highest BCUT2D eigenvalue weighted by atomic mass is 16.2. The predicted octanol–water partition coefficient (Wildman–Crippen LogP) is 2.96. The van der Waals surface area contributed by atoms with E-state index in [1.807, 2.05) is 6.92 Å². The first-order chi connectivity index (χ1) is 11.5. The average Bonchev–Trinajstić information content (AvgIpc) is 2.51. The minimum atomic E-state index is 0.0654. The molecule has 0 atom stereocenters. The van der Waals surface area contributed by atoms with E-state index < -0.39 is 0 Å². The van der Waals surface area contributed by atoms with Gasteiger partial charge in [-0.25, -0.2) is 0 Å². The minimum absolute atomic E-state index is 0.0654. The molecule has 0 aliphatic rings. The number of amides is 3. The number of rotatable bonds is 7. The Balaban J connectivity index is -0.000000293. The van der Waals surface area contributed by atoms with Gasteiger partial charge in [0.2, 0.25) is 17.7 Å². The molecule has 0 spiro atoms. The lowest BCUT2D eigenvalue weighted by molar-refractivity contribution is -0.127. The van der Waals surface area contributed by atoms with Crippen molar-refractivity contribution in [2.24, 2.45) is 5.92 Å². The van der Waals surface area contributed by atoms with Gasteiger partial charge >= 0.3 is 0 Å². The molecule has 0 aliphatic heterocycles. The van der Waals surface area contributed by atoms with Crippen molar-refractivity contribution >= 4 is 17.7 Å². The van der Waals surface area contributed by atoms with Crippen LogP contribution in [0.2, 0.25) is 0 Å². The molecule has 0 fully saturated rings. The third-order valence-electron chi connectivity index (χ3n) is 3.50. The summed E-state index contributed by atoms with van der Waals surface area (Å²) in [6.07, 6.45) is 3.12. The van der Waals surface area contributed by atoms with Crippen LogP contribution >= 0.6 is 0 Å². The van der Waals surface area contributed by atoms with Crippen molar-refractivity contribution in [3.8, 4) is 0 Å². The van der Waals surface area contributed by atoms with Gasteiger partial charge in [-0.3, -0.25) is 14.4 Å². The molecule has 6 heteroatoms. The minimum Gasteiger partial charge on any atom is -0.356 e. The maximum Gasteiger partial charge on any atom is 0.219 e. The van der Waals surface area contributed by atoms with Gasteiger partial charge in [-0.05, 0) is 32.1 Å². The monoisotopic (exact) mass is 359 g/mol. The predicted molar refractivity (Wildman–Crippen MR) is 105 cm³/mol. The molecule has 0 saturated heterocycles. The second-order valence-corrected chi connectivity index (χ2v) is 6.41. The molecule has 0 aromatic carbocycles. The van der Waals surface area contributed by atoms with Crippen molar-refractivity contribution < 1.29 is 14.4 Å². The van der Waals surface area contributed by atoms with E-state index in [-0.39, 0.29) is 17.7 Å². The highest BCUT2D eigenvalue weighted by Gasteiger charge is 2.01. The number of nitrogens with zero attached hydrogens (tertiary/aromatic N) is 1. The van der Waals surface area contributed by atoms with Crippen LogP contribution in [-0.4, -0.2) is 48.8 Å². The molecule has 0 heterocycles. The van der Waals surface area contributed by atoms with Gasteiger partial charge in [0.1, 0.15) is 0 Å². The van der Waals surface area contributed by atoms with Crippen LogP contribution in [-0.2, 0) is 14.4 Å². The fraction of sp³-hybridized carbons (Fsp3) is 0.842. The highest BCUT2D eigenvalue weighted by molar-refractivity contribution is 5.73. The van der Waals surface area contributed by atoms with E-state index >= 15 is 0 Å². The van der Waals surface area contributed by atoms with Gasteiger partial charge in [0.05, 0.1) is 0 Å². The number of carbonyl (C=O) groups is 3. The molecular weight excluding hydrogens is 318 g/mol. The molecule has 0 saturated carbocycles. The van der Waals surface area contributed by atoms with Crippen LogP contribution in [0.1, 0.15) is 74.7 Å². The first kappa shape index (κ1) is 28.2. The van der Waals surface area contributed by atoms with Gasteiger partial charge in [-0.1, -0.05) is 27.7 Å². The summed E-state index contributed by atoms with van der Waals surface area (Å²) in [6, 6.07) is 0.377. The van der Waals surface area contributed by atoms with Gasteiger partial charge in [0.25, 0.3) is 0 Å². The zero-order valence-corrected chi connectivity index (χ0v) is 17.9. The van der Waals surface area contributed by atoms with Gasteiger partial charge < -0.3 is 15.5 Å². The highest BCUT2D eigenvalue weighted by Crippen LogP contribution is 1.95. The third kappa shape index (κ3) is 27.5. The van der Waals surface area contributed by atoms with Crippen LogP contribution in [0.25, 0.3) is 0 Å². The summed E-state index contributed by atoms with van der Waals surface area (Å²) in [6.45, 7) is 16.6. The van der Waals surface area contributed by atoms with E-state index in [2.05, 4.69) is 38.3 Å². The Morgan fingerprint density at radius 2 is 1.40 bits per heavy atom. The van der Waals surface area contributed by atoms with Crippen molar-refractivity contribution in [1.82, 2.24) is 15.5 Å². The standard InChI is InChI=1S/2C7H15NO.C5H11NO/c1-6(2)4-5-8-7(3)9;1-4-7(5-2)8-6(3)9;1-4-6(3)5(2)7/h6H,4-5H2,1-3H3,(H,8,9);7H,4-5H2,1-3H3,(H,8,9);4H2,1-3H3.